The molecule has 0 amide bonds. The summed E-state index contributed by atoms with van der Waals surface area (Å²) in [6, 6.07) is 5.34. The lowest BCUT2D eigenvalue weighted by atomic mass is 10.2. The highest BCUT2D eigenvalue weighted by molar-refractivity contribution is 5.46. The van der Waals surface area contributed by atoms with E-state index in [2.05, 4.69) is 0 Å². The Balaban J connectivity index is 2.90. The predicted molar refractivity (Wildman–Crippen MR) is 60.7 cm³/mol. The number of ether oxygens (including phenoxy) is 2. The zero-order valence-corrected chi connectivity index (χ0v) is 9.64. The van der Waals surface area contributed by atoms with Crippen molar-refractivity contribution in [1.82, 2.24) is 0 Å². The third-order valence-corrected chi connectivity index (χ3v) is 2.00. The van der Waals surface area contributed by atoms with Crippen LogP contribution in [0.25, 0.3) is 0 Å². The van der Waals surface area contributed by atoms with Gasteiger partial charge in [-0.05, 0) is 19.9 Å². The molecule has 4 nitrogen and oxygen atoms in total. The van der Waals surface area contributed by atoms with Crippen molar-refractivity contribution in [2.75, 3.05) is 13.2 Å². The second kappa shape index (κ2) is 6.35. The quantitative estimate of drug-likeness (QED) is 0.768. The van der Waals surface area contributed by atoms with Gasteiger partial charge in [-0.2, -0.15) is 0 Å². The third-order valence-electron chi connectivity index (χ3n) is 2.00. The summed E-state index contributed by atoms with van der Waals surface area (Å²) in [7, 11) is 0. The average molecular weight is 226 g/mol. The number of aliphatic hydroxyl groups excluding tert-OH is 2. The maximum Gasteiger partial charge on any atom is 0.166 e. The molecular weight excluding hydrogens is 208 g/mol. The summed E-state index contributed by atoms with van der Waals surface area (Å²) in [6.07, 6.45) is -0.554. The van der Waals surface area contributed by atoms with Crippen LogP contribution in [0.15, 0.2) is 18.2 Å². The van der Waals surface area contributed by atoms with Gasteiger partial charge in [0.1, 0.15) is 6.61 Å². The molecule has 0 radical (unpaired) electrons. The summed E-state index contributed by atoms with van der Waals surface area (Å²) < 4.78 is 10.8. The van der Waals surface area contributed by atoms with Crippen LogP contribution >= 0.6 is 0 Å². The Morgan fingerprint density at radius 1 is 1.31 bits per heavy atom. The Bertz CT molecular complexity index is 323. The molecule has 2 N–H and O–H groups in total. The van der Waals surface area contributed by atoms with Crippen molar-refractivity contribution in [2.24, 2.45) is 0 Å². The van der Waals surface area contributed by atoms with Gasteiger partial charge in [-0.3, -0.25) is 0 Å². The van der Waals surface area contributed by atoms with Crippen molar-refractivity contribution >= 4 is 0 Å². The predicted octanol–water partition coefficient (Wildman–Crippen LogP) is 1.34. The molecule has 0 aromatic heterocycles. The highest BCUT2D eigenvalue weighted by Crippen LogP contribution is 2.31. The van der Waals surface area contributed by atoms with Crippen LogP contribution in [0, 0.1) is 0 Å². The van der Waals surface area contributed by atoms with Gasteiger partial charge in [-0.1, -0.05) is 12.1 Å². The first-order valence-corrected chi connectivity index (χ1v) is 5.35. The van der Waals surface area contributed by atoms with Crippen LogP contribution in [0.4, 0.5) is 0 Å². The summed E-state index contributed by atoms with van der Waals surface area (Å²) in [5.74, 6) is 1.10. The molecule has 0 saturated heterocycles. The maximum atomic E-state index is 9.18. The van der Waals surface area contributed by atoms with E-state index < -0.39 is 6.10 Å². The molecule has 4 heteroatoms. The topological polar surface area (TPSA) is 58.9 Å². The van der Waals surface area contributed by atoms with Crippen molar-refractivity contribution < 1.29 is 19.7 Å². The Hall–Kier alpha value is -1.26. The van der Waals surface area contributed by atoms with Gasteiger partial charge in [0, 0.05) is 5.56 Å². The van der Waals surface area contributed by atoms with Crippen molar-refractivity contribution in [3.05, 3.63) is 23.8 Å². The zero-order chi connectivity index (χ0) is 12.0. The van der Waals surface area contributed by atoms with Gasteiger partial charge >= 0.3 is 0 Å². The highest BCUT2D eigenvalue weighted by atomic mass is 16.5. The van der Waals surface area contributed by atoms with Gasteiger partial charge in [0.05, 0.1) is 19.3 Å². The molecule has 16 heavy (non-hydrogen) atoms. The lowest BCUT2D eigenvalue weighted by molar-refractivity contribution is 0.118. The molecule has 1 rings (SSSR count). The van der Waals surface area contributed by atoms with Crippen LogP contribution in [0.5, 0.6) is 11.5 Å². The summed E-state index contributed by atoms with van der Waals surface area (Å²) >= 11 is 0. The van der Waals surface area contributed by atoms with Crippen LogP contribution in [-0.4, -0.2) is 29.5 Å². The van der Waals surface area contributed by atoms with E-state index in [9.17, 15) is 5.11 Å². The lowest BCUT2D eigenvalue weighted by Crippen LogP contribution is -2.14. The summed E-state index contributed by atoms with van der Waals surface area (Å²) in [6.45, 7) is 4.11. The molecule has 0 spiro atoms. The molecule has 1 aromatic carbocycles. The van der Waals surface area contributed by atoms with Crippen molar-refractivity contribution in [1.29, 1.82) is 0 Å². The largest absolute Gasteiger partial charge is 0.490 e. The SMILES string of the molecule is CCOc1cccc(CO)c1OCC(C)O. The smallest absolute Gasteiger partial charge is 0.166 e. The summed E-state index contributed by atoms with van der Waals surface area (Å²) in [5.41, 5.74) is 0.659. The molecule has 0 saturated carbocycles. The molecule has 0 fully saturated rings. The molecule has 0 aliphatic carbocycles. The molecule has 1 unspecified atom stereocenters. The average Bonchev–Trinajstić information content (AvgIpc) is 2.27. The maximum absolute atomic E-state index is 9.18. The van der Waals surface area contributed by atoms with E-state index in [4.69, 9.17) is 14.6 Å². The summed E-state index contributed by atoms with van der Waals surface area (Å²) in [5, 5.41) is 18.3. The van der Waals surface area contributed by atoms with Crippen LogP contribution < -0.4 is 9.47 Å². The molecule has 0 aliphatic rings. The number of hydrogen-bond acceptors (Lipinski definition) is 4. The van der Waals surface area contributed by atoms with Crippen LogP contribution in [0.3, 0.4) is 0 Å². The van der Waals surface area contributed by atoms with Crippen LogP contribution in [0.1, 0.15) is 19.4 Å². The fraction of sp³-hybridized carbons (Fsp3) is 0.500. The first-order chi connectivity index (χ1) is 7.69. The number of para-hydroxylation sites is 1. The van der Waals surface area contributed by atoms with E-state index >= 15 is 0 Å². The standard InChI is InChI=1S/C12H18O4/c1-3-15-11-6-4-5-10(7-13)12(11)16-8-9(2)14/h4-6,9,13-14H,3,7-8H2,1-2H3. The van der Waals surface area contributed by atoms with Gasteiger partial charge < -0.3 is 19.7 Å². The van der Waals surface area contributed by atoms with Crippen molar-refractivity contribution in [3.63, 3.8) is 0 Å². The number of aliphatic hydroxyl groups is 2. The monoisotopic (exact) mass is 226 g/mol. The lowest BCUT2D eigenvalue weighted by Gasteiger charge is -2.15. The fourth-order valence-electron chi connectivity index (χ4n) is 1.32. The van der Waals surface area contributed by atoms with E-state index in [1.807, 2.05) is 6.92 Å². The number of hydrogen-bond donors (Lipinski definition) is 2. The Labute approximate surface area is 95.4 Å². The number of rotatable bonds is 6. The second-order valence-corrected chi connectivity index (χ2v) is 3.50. The van der Waals surface area contributed by atoms with E-state index in [1.54, 1.807) is 25.1 Å². The molecule has 1 aromatic rings. The van der Waals surface area contributed by atoms with Crippen LogP contribution in [-0.2, 0) is 6.61 Å². The van der Waals surface area contributed by atoms with Gasteiger partial charge in [0.25, 0.3) is 0 Å². The van der Waals surface area contributed by atoms with Gasteiger partial charge in [-0.15, -0.1) is 0 Å². The minimum atomic E-state index is -0.554. The van der Waals surface area contributed by atoms with E-state index in [-0.39, 0.29) is 13.2 Å². The number of benzene rings is 1. The Morgan fingerprint density at radius 3 is 2.62 bits per heavy atom. The van der Waals surface area contributed by atoms with E-state index in [0.717, 1.165) is 0 Å². The van der Waals surface area contributed by atoms with E-state index in [1.165, 1.54) is 0 Å². The van der Waals surface area contributed by atoms with Crippen molar-refractivity contribution in [3.8, 4) is 11.5 Å². The minimum absolute atomic E-state index is 0.115. The molecule has 1 atom stereocenters. The van der Waals surface area contributed by atoms with E-state index in [0.29, 0.717) is 23.7 Å². The highest BCUT2D eigenvalue weighted by Gasteiger charge is 2.11. The first-order valence-electron chi connectivity index (χ1n) is 5.35. The van der Waals surface area contributed by atoms with Gasteiger partial charge in [0.15, 0.2) is 11.5 Å². The minimum Gasteiger partial charge on any atom is -0.490 e. The molecular formula is C12H18O4. The normalized spacial score (nSPS) is 12.2. The summed E-state index contributed by atoms with van der Waals surface area (Å²) in [4.78, 5) is 0. The van der Waals surface area contributed by atoms with Crippen molar-refractivity contribution in [2.45, 2.75) is 26.6 Å². The van der Waals surface area contributed by atoms with Crippen LogP contribution in [0.2, 0.25) is 0 Å². The Kier molecular flexibility index (Phi) is 5.08. The molecule has 90 valence electrons. The second-order valence-electron chi connectivity index (χ2n) is 3.50. The van der Waals surface area contributed by atoms with Gasteiger partial charge in [-0.25, -0.2) is 0 Å². The Morgan fingerprint density at radius 2 is 2.06 bits per heavy atom. The van der Waals surface area contributed by atoms with Gasteiger partial charge in [0.2, 0.25) is 0 Å². The zero-order valence-electron chi connectivity index (χ0n) is 9.64. The third kappa shape index (κ3) is 3.40. The molecule has 0 aliphatic heterocycles. The molecule has 0 bridgehead atoms. The fourth-order valence-corrected chi connectivity index (χ4v) is 1.32. The first kappa shape index (κ1) is 12.8. The molecule has 0 heterocycles.